The zero-order valence-electron chi connectivity index (χ0n) is 14.6. The van der Waals surface area contributed by atoms with Crippen molar-refractivity contribution in [1.29, 1.82) is 0 Å². The van der Waals surface area contributed by atoms with Crippen molar-refractivity contribution < 1.29 is 9.14 Å². The number of nitrogens with one attached hydrogen (secondary N) is 2. The van der Waals surface area contributed by atoms with Crippen LogP contribution in [0.25, 0.3) is 5.65 Å². The number of hydrogen-bond donors (Lipinski definition) is 2. The molecule has 0 saturated carbocycles. The van der Waals surface area contributed by atoms with Gasteiger partial charge >= 0.3 is 0 Å². The predicted octanol–water partition coefficient (Wildman–Crippen LogP) is 1.23. The minimum absolute atomic E-state index is 0.513. The van der Waals surface area contributed by atoms with Gasteiger partial charge in [0.05, 0.1) is 26.0 Å². The third-order valence-electron chi connectivity index (χ3n) is 4.26. The van der Waals surface area contributed by atoms with Gasteiger partial charge in [-0.15, -0.1) is 0 Å². The van der Waals surface area contributed by atoms with Gasteiger partial charge in [0.1, 0.15) is 11.9 Å². The maximum atomic E-state index is 5.92. The van der Waals surface area contributed by atoms with Gasteiger partial charge in [-0.3, -0.25) is 0 Å². The van der Waals surface area contributed by atoms with Crippen LogP contribution in [0.5, 0.6) is 5.75 Å². The Balaban J connectivity index is 1.36. The predicted molar refractivity (Wildman–Crippen MR) is 100 cm³/mol. The SMILES string of the molecule is Cn1c(COc2ccc(/C=N/NC3=NCCN3)cc2)c[n+]2ccccc12. The van der Waals surface area contributed by atoms with Crippen LogP contribution in [0, 0.1) is 0 Å². The number of benzene rings is 1. The molecule has 7 nitrogen and oxygen atoms in total. The van der Waals surface area contributed by atoms with Crippen molar-refractivity contribution in [3.05, 3.63) is 66.1 Å². The molecule has 2 N–H and O–H groups in total. The molecule has 1 aliphatic rings. The molecule has 3 aromatic rings. The lowest BCUT2D eigenvalue weighted by Gasteiger charge is -2.04. The van der Waals surface area contributed by atoms with E-state index in [0.717, 1.165) is 35.7 Å². The summed E-state index contributed by atoms with van der Waals surface area (Å²) >= 11 is 0. The van der Waals surface area contributed by atoms with E-state index in [0.29, 0.717) is 12.6 Å². The average molecular weight is 349 g/mol. The van der Waals surface area contributed by atoms with Crippen molar-refractivity contribution in [1.82, 2.24) is 15.3 Å². The second kappa shape index (κ2) is 7.26. The highest BCUT2D eigenvalue weighted by Crippen LogP contribution is 2.14. The summed E-state index contributed by atoms with van der Waals surface area (Å²) in [6.45, 7) is 2.16. The van der Waals surface area contributed by atoms with Gasteiger partial charge in [0.15, 0.2) is 12.3 Å². The summed E-state index contributed by atoms with van der Waals surface area (Å²) in [6.07, 6.45) is 5.88. The Morgan fingerprint density at radius 2 is 2.19 bits per heavy atom. The number of aliphatic imine (C=N–C) groups is 1. The maximum Gasteiger partial charge on any atom is 0.286 e. The third kappa shape index (κ3) is 3.51. The number of hydrazone groups is 1. The number of rotatable bonds is 5. The number of fused-ring (bicyclic) bond motifs is 1. The fourth-order valence-electron chi connectivity index (χ4n) is 2.82. The van der Waals surface area contributed by atoms with Crippen LogP contribution in [0.3, 0.4) is 0 Å². The lowest BCUT2D eigenvalue weighted by atomic mass is 10.2. The van der Waals surface area contributed by atoms with Crippen LogP contribution in [-0.4, -0.2) is 29.8 Å². The summed E-state index contributed by atoms with van der Waals surface area (Å²) in [7, 11) is 2.05. The number of aromatic nitrogens is 2. The van der Waals surface area contributed by atoms with Gasteiger partial charge in [-0.2, -0.15) is 5.10 Å². The first-order valence-electron chi connectivity index (χ1n) is 8.54. The molecule has 132 valence electrons. The summed E-state index contributed by atoms with van der Waals surface area (Å²) in [4.78, 5) is 4.21. The molecule has 0 amide bonds. The van der Waals surface area contributed by atoms with E-state index in [2.05, 4.69) is 42.1 Å². The van der Waals surface area contributed by atoms with Crippen LogP contribution < -0.4 is 19.9 Å². The van der Waals surface area contributed by atoms with E-state index in [4.69, 9.17) is 4.74 Å². The zero-order chi connectivity index (χ0) is 17.8. The number of aryl methyl sites for hydroxylation is 1. The van der Waals surface area contributed by atoms with Crippen LogP contribution in [0.1, 0.15) is 11.3 Å². The highest BCUT2D eigenvalue weighted by molar-refractivity contribution is 5.84. The topological polar surface area (TPSA) is 67.0 Å². The quantitative estimate of drug-likeness (QED) is 0.414. The molecule has 3 heterocycles. The summed E-state index contributed by atoms with van der Waals surface area (Å²) < 4.78 is 10.1. The second-order valence-corrected chi connectivity index (χ2v) is 6.03. The van der Waals surface area contributed by atoms with Gasteiger partial charge < -0.3 is 10.1 Å². The molecule has 26 heavy (non-hydrogen) atoms. The second-order valence-electron chi connectivity index (χ2n) is 6.03. The molecule has 0 unspecified atom stereocenters. The summed E-state index contributed by atoms with van der Waals surface area (Å²) in [5, 5.41) is 7.27. The molecule has 1 aliphatic heterocycles. The molecule has 0 radical (unpaired) electrons. The Kier molecular flexibility index (Phi) is 4.51. The van der Waals surface area contributed by atoms with E-state index in [9.17, 15) is 0 Å². The molecule has 4 rings (SSSR count). The maximum absolute atomic E-state index is 5.92. The van der Waals surface area contributed by atoms with Gasteiger partial charge in [0.25, 0.3) is 5.65 Å². The lowest BCUT2D eigenvalue weighted by molar-refractivity contribution is -0.511. The van der Waals surface area contributed by atoms with Gasteiger partial charge in [0, 0.05) is 12.6 Å². The van der Waals surface area contributed by atoms with E-state index in [1.165, 1.54) is 0 Å². The van der Waals surface area contributed by atoms with Gasteiger partial charge in [-0.25, -0.2) is 19.4 Å². The molecule has 2 aromatic heterocycles. The third-order valence-corrected chi connectivity index (χ3v) is 4.26. The van der Waals surface area contributed by atoms with E-state index < -0.39 is 0 Å². The van der Waals surface area contributed by atoms with Gasteiger partial charge in [0.2, 0.25) is 5.96 Å². The number of imidazole rings is 1. The minimum atomic E-state index is 0.513. The van der Waals surface area contributed by atoms with Crippen molar-refractivity contribution in [3.63, 3.8) is 0 Å². The van der Waals surface area contributed by atoms with E-state index in [-0.39, 0.29) is 0 Å². The van der Waals surface area contributed by atoms with E-state index in [1.807, 2.05) is 49.6 Å². The largest absolute Gasteiger partial charge is 0.485 e. The van der Waals surface area contributed by atoms with Crippen molar-refractivity contribution in [3.8, 4) is 5.75 Å². The Morgan fingerprint density at radius 3 is 2.96 bits per heavy atom. The van der Waals surface area contributed by atoms with Crippen LogP contribution in [0.2, 0.25) is 0 Å². The van der Waals surface area contributed by atoms with Crippen LogP contribution in [0.15, 0.2) is 65.0 Å². The molecule has 0 saturated heterocycles. The van der Waals surface area contributed by atoms with Crippen molar-refractivity contribution in [2.24, 2.45) is 17.1 Å². The fourth-order valence-corrected chi connectivity index (χ4v) is 2.82. The molecule has 0 spiro atoms. The average Bonchev–Trinajstić information content (AvgIpc) is 3.30. The Labute approximate surface area is 151 Å². The van der Waals surface area contributed by atoms with Crippen molar-refractivity contribution in [2.75, 3.05) is 13.1 Å². The van der Waals surface area contributed by atoms with Crippen molar-refractivity contribution >= 4 is 17.8 Å². The van der Waals surface area contributed by atoms with E-state index >= 15 is 0 Å². The smallest absolute Gasteiger partial charge is 0.286 e. The summed E-state index contributed by atoms with van der Waals surface area (Å²) in [5.41, 5.74) is 6.11. The number of hydrogen-bond acceptors (Lipinski definition) is 5. The molecule has 0 atom stereocenters. The zero-order valence-corrected chi connectivity index (χ0v) is 14.6. The molecule has 0 aliphatic carbocycles. The standard InChI is InChI=1S/C19H21N6O/c1-24-16(13-25-11-3-2-4-18(24)25)14-26-17-7-5-15(6-8-17)12-22-23-19-20-9-10-21-19/h2-8,11-13H,9-10,14H2,1H3,(H2,20,21,23)/q+1/b22-12+. The Morgan fingerprint density at radius 1 is 1.31 bits per heavy atom. The van der Waals surface area contributed by atoms with Crippen LogP contribution >= 0.6 is 0 Å². The highest BCUT2D eigenvalue weighted by atomic mass is 16.5. The first-order valence-corrected chi connectivity index (χ1v) is 8.54. The van der Waals surface area contributed by atoms with Crippen molar-refractivity contribution in [2.45, 2.75) is 6.61 Å². The molecule has 0 fully saturated rings. The molecule has 0 bridgehead atoms. The number of nitrogens with zero attached hydrogens (tertiary/aromatic N) is 4. The minimum Gasteiger partial charge on any atom is -0.485 e. The normalized spacial score (nSPS) is 13.8. The highest BCUT2D eigenvalue weighted by Gasteiger charge is 2.13. The first kappa shape index (κ1) is 16.1. The number of guanidine groups is 1. The Bertz CT molecular complexity index is 958. The molecule has 7 heteroatoms. The number of ether oxygens (including phenoxy) is 1. The Hall–Kier alpha value is -3.35. The van der Waals surface area contributed by atoms with Gasteiger partial charge in [-0.05, 0) is 35.9 Å². The first-order chi connectivity index (χ1) is 12.8. The van der Waals surface area contributed by atoms with Crippen LogP contribution in [0.4, 0.5) is 0 Å². The monoisotopic (exact) mass is 349 g/mol. The summed E-state index contributed by atoms with van der Waals surface area (Å²) in [6, 6.07) is 14.0. The van der Waals surface area contributed by atoms with Gasteiger partial charge in [-0.1, -0.05) is 6.07 Å². The molecular formula is C19H21N6O+. The number of pyridine rings is 1. The molecular weight excluding hydrogens is 328 g/mol. The summed E-state index contributed by atoms with van der Waals surface area (Å²) in [5.74, 6) is 1.54. The molecule has 1 aromatic carbocycles. The van der Waals surface area contributed by atoms with Crippen LogP contribution in [-0.2, 0) is 13.7 Å². The lowest BCUT2D eigenvalue weighted by Crippen LogP contribution is -2.30. The van der Waals surface area contributed by atoms with E-state index in [1.54, 1.807) is 6.21 Å². The fraction of sp³-hybridized carbons (Fsp3) is 0.211.